The fraction of sp³-hybridized carbons (Fsp3) is 0.381. The smallest absolute Gasteiger partial charge is 0.394 e. The van der Waals surface area contributed by atoms with Crippen LogP contribution in [0.2, 0.25) is 0 Å². The molecule has 0 bridgehead atoms. The predicted molar refractivity (Wildman–Crippen MR) is 416 cm³/mol. The Morgan fingerprint density at radius 1 is 0.411 bits per heavy atom. The Balaban J connectivity index is 0.000000311. The number of halogens is 6. The van der Waals surface area contributed by atoms with Gasteiger partial charge in [-0.3, -0.25) is 29.1 Å². The normalized spacial score (nSPS) is 11.2. The quantitative estimate of drug-likeness (QED) is 0.0118. The van der Waals surface area contributed by atoms with Crippen molar-refractivity contribution >= 4 is 46.4 Å². The van der Waals surface area contributed by atoms with Crippen molar-refractivity contribution in [3.63, 3.8) is 0 Å². The first-order chi connectivity index (χ1) is 54.2. The Kier molecular flexibility index (Phi) is 38.6. The Morgan fingerprint density at radius 2 is 0.795 bits per heavy atom. The zero-order valence-corrected chi connectivity index (χ0v) is 63.4. The highest BCUT2D eigenvalue weighted by molar-refractivity contribution is 6.08. The van der Waals surface area contributed by atoms with Gasteiger partial charge in [-0.15, -0.1) is 0 Å². The Bertz CT molecular complexity index is 4290. The van der Waals surface area contributed by atoms with Gasteiger partial charge in [0.15, 0.2) is 0 Å². The molecule has 6 aromatic carbocycles. The van der Waals surface area contributed by atoms with Crippen LogP contribution in [0.25, 0.3) is 22.5 Å². The number of carbonyl (C=O) groups excluding carboxylic acids is 4. The minimum Gasteiger partial charge on any atom is -0.394 e. The van der Waals surface area contributed by atoms with Crippen molar-refractivity contribution in [2.24, 2.45) is 0 Å². The van der Waals surface area contributed by atoms with E-state index in [9.17, 15) is 45.5 Å². The maximum atomic E-state index is 13.6. The van der Waals surface area contributed by atoms with E-state index in [2.05, 4.69) is 52.9 Å². The molecule has 2 heterocycles. The second-order valence-corrected chi connectivity index (χ2v) is 24.8. The van der Waals surface area contributed by atoms with Gasteiger partial charge in [-0.2, -0.15) is 26.3 Å². The lowest BCUT2D eigenvalue weighted by Crippen LogP contribution is -2.23. The molecule has 112 heavy (non-hydrogen) atoms. The second kappa shape index (κ2) is 48.6. The third-order valence-electron chi connectivity index (χ3n) is 16.9. The van der Waals surface area contributed by atoms with Crippen molar-refractivity contribution in [3.05, 3.63) is 226 Å². The zero-order chi connectivity index (χ0) is 80.4. The minimum absolute atomic E-state index is 0.00664. The molecule has 0 aliphatic rings. The van der Waals surface area contributed by atoms with E-state index in [0.717, 1.165) is 73.8 Å². The summed E-state index contributed by atoms with van der Waals surface area (Å²) in [5, 5.41) is 28.7. The molecule has 0 fully saturated rings. The van der Waals surface area contributed by atoms with E-state index in [-0.39, 0.29) is 55.9 Å². The van der Waals surface area contributed by atoms with E-state index >= 15 is 0 Å². The summed E-state index contributed by atoms with van der Waals surface area (Å²) in [6, 6.07) is 41.4. The maximum Gasteiger partial charge on any atom is 0.416 e. The van der Waals surface area contributed by atoms with Gasteiger partial charge in [0.05, 0.1) is 140 Å². The number of rotatable bonds is 45. The highest BCUT2D eigenvalue weighted by atomic mass is 19.4. The van der Waals surface area contributed by atoms with Gasteiger partial charge in [0.1, 0.15) is 6.61 Å². The van der Waals surface area contributed by atoms with Crippen molar-refractivity contribution in [1.82, 2.24) is 20.6 Å². The largest absolute Gasteiger partial charge is 0.416 e. The summed E-state index contributed by atoms with van der Waals surface area (Å²) in [7, 11) is 0. The summed E-state index contributed by atoms with van der Waals surface area (Å²) in [6.07, 6.45) is -4.55. The summed E-state index contributed by atoms with van der Waals surface area (Å²) in [4.78, 5) is 66.9. The number of ether oxygens (including phenoxy) is 8. The number of benzene rings is 6. The van der Waals surface area contributed by atoms with Crippen molar-refractivity contribution in [2.75, 3.05) is 166 Å². The van der Waals surface area contributed by atoms with Gasteiger partial charge in [-0.25, -0.2) is 0 Å². The molecule has 8 rings (SSSR count). The SMILES string of the molecule is CCN(CC)c1ccc(NC(=O)c2cccc(C#CCOCCOCCOCCOCCO)c2)c(-c2cc(C(=O)NCc3cccc(C(F)(F)F)c3)ccn2)c1.CCN(CC)c1ccc(NC(=O)c2cccc(CCCOCCOCCOCCOCCO)c2)c(-c2cc(C(=O)NCc3cccc(C(F)(F)F)c3)ccn2)c1. The standard InChI is InChI=1S/C42H51F3N4O7.C42H47F3N4O7/c2*1-3-49(4-2)36-13-14-38(37(29-36)39-28-34(15-16-46-39)40(51)47-30-32-9-6-12-35(27-32)42(43,44)45)48-41(52)33-11-5-8-31(26-33)10-7-18-53-20-22-55-24-25-56-23-21-54-19-17-50/h5-6,8-9,11-16,26-29,50H,3-4,7,10,17-25,30H2,1-2H3,(H,47,51)(H,48,52);5-6,8-9,11-16,26-29,50H,3-4,17-25,30H2,1-2H3,(H,47,51)(H,48,52). The topological polar surface area (TPSA) is 263 Å². The fourth-order valence-corrected chi connectivity index (χ4v) is 11.2. The lowest BCUT2D eigenvalue weighted by atomic mass is 10.0. The summed E-state index contributed by atoms with van der Waals surface area (Å²) < 4.78 is 122. The van der Waals surface area contributed by atoms with Crippen LogP contribution >= 0.6 is 0 Å². The molecule has 6 N–H and O–H groups in total. The molecule has 0 saturated heterocycles. The van der Waals surface area contributed by atoms with E-state index in [1.165, 1.54) is 48.8 Å². The molecule has 0 aliphatic heterocycles. The Morgan fingerprint density at radius 3 is 1.22 bits per heavy atom. The fourth-order valence-electron chi connectivity index (χ4n) is 11.2. The van der Waals surface area contributed by atoms with Crippen molar-refractivity contribution in [3.8, 4) is 34.4 Å². The Labute approximate surface area is 649 Å². The number of nitrogens with zero attached hydrogens (tertiary/aromatic N) is 4. The molecule has 0 spiro atoms. The molecule has 0 radical (unpaired) electrons. The van der Waals surface area contributed by atoms with Gasteiger partial charge < -0.3 is 79.2 Å². The van der Waals surface area contributed by atoms with Crippen LogP contribution < -0.4 is 31.1 Å². The molecule has 0 unspecified atom stereocenters. The lowest BCUT2D eigenvalue weighted by molar-refractivity contribution is -0.138. The van der Waals surface area contributed by atoms with Crippen LogP contribution in [0.1, 0.15) is 109 Å². The number of anilines is 4. The van der Waals surface area contributed by atoms with Crippen LogP contribution in [0.4, 0.5) is 49.1 Å². The van der Waals surface area contributed by atoms with Crippen LogP contribution in [0.5, 0.6) is 0 Å². The molecule has 600 valence electrons. The molecular formula is C84H98F6N8O14. The van der Waals surface area contributed by atoms with Crippen molar-refractivity contribution in [1.29, 1.82) is 0 Å². The first kappa shape index (κ1) is 89.0. The number of carbonyl (C=O) groups is 4. The summed E-state index contributed by atoms with van der Waals surface area (Å²) in [6.45, 7) is 17.3. The van der Waals surface area contributed by atoms with Crippen LogP contribution in [0.3, 0.4) is 0 Å². The minimum atomic E-state index is -4.49. The van der Waals surface area contributed by atoms with Crippen LogP contribution in [0.15, 0.2) is 170 Å². The molecule has 8 aromatic rings. The number of aryl methyl sites for hydroxylation is 1. The van der Waals surface area contributed by atoms with Crippen molar-refractivity contribution in [2.45, 2.75) is 66.0 Å². The van der Waals surface area contributed by atoms with Gasteiger partial charge in [-0.1, -0.05) is 54.3 Å². The monoisotopic (exact) mass is 1560 g/mol. The first-order valence-corrected chi connectivity index (χ1v) is 37.0. The van der Waals surface area contributed by atoms with Gasteiger partial charge in [0, 0.05) is 109 Å². The van der Waals surface area contributed by atoms with Crippen molar-refractivity contribution < 1.29 is 93.6 Å². The number of aliphatic hydroxyl groups excluding tert-OH is 2. The first-order valence-electron chi connectivity index (χ1n) is 37.0. The van der Waals surface area contributed by atoms with E-state index in [1.54, 1.807) is 48.5 Å². The zero-order valence-electron chi connectivity index (χ0n) is 63.4. The third-order valence-corrected chi connectivity index (χ3v) is 16.9. The van der Waals surface area contributed by atoms with E-state index in [0.29, 0.717) is 167 Å². The van der Waals surface area contributed by atoms with E-state index in [1.807, 2.05) is 76.2 Å². The number of aromatic nitrogens is 2. The number of alkyl halides is 6. The van der Waals surface area contributed by atoms with Gasteiger partial charge in [0.2, 0.25) is 0 Å². The molecule has 0 aliphatic carbocycles. The average Bonchev–Trinajstić information content (AvgIpc) is 0.787. The predicted octanol–water partition coefficient (Wildman–Crippen LogP) is 13.0. The summed E-state index contributed by atoms with van der Waals surface area (Å²) >= 11 is 0. The lowest BCUT2D eigenvalue weighted by Gasteiger charge is -2.23. The van der Waals surface area contributed by atoms with Gasteiger partial charge >= 0.3 is 12.4 Å². The van der Waals surface area contributed by atoms with Crippen LogP contribution in [-0.4, -0.2) is 189 Å². The van der Waals surface area contributed by atoms with Crippen LogP contribution in [0, 0.1) is 11.8 Å². The summed E-state index contributed by atoms with van der Waals surface area (Å²) in [5.74, 6) is 4.30. The number of hydrogen-bond donors (Lipinski definition) is 6. The molecule has 0 atom stereocenters. The molecular weight excluding hydrogens is 1460 g/mol. The van der Waals surface area contributed by atoms with Gasteiger partial charge in [-0.05, 0) is 172 Å². The molecule has 28 heteroatoms. The highest BCUT2D eigenvalue weighted by Gasteiger charge is 2.32. The Hall–Kier alpha value is -10.2. The van der Waals surface area contributed by atoms with E-state index in [4.69, 9.17) is 48.1 Å². The molecule has 22 nitrogen and oxygen atoms in total. The highest BCUT2D eigenvalue weighted by Crippen LogP contribution is 2.36. The van der Waals surface area contributed by atoms with E-state index < -0.39 is 35.3 Å². The number of amides is 4. The van der Waals surface area contributed by atoms with Gasteiger partial charge in [0.25, 0.3) is 23.6 Å². The maximum absolute atomic E-state index is 13.6. The third kappa shape index (κ3) is 30.8. The number of aliphatic hydroxyl groups is 2. The van der Waals surface area contributed by atoms with Crippen LogP contribution in [-0.2, 0) is 69.8 Å². The second-order valence-electron chi connectivity index (χ2n) is 24.8. The number of nitrogens with one attached hydrogen (secondary N) is 4. The molecule has 4 amide bonds. The molecule has 2 aromatic heterocycles. The number of hydrogen-bond acceptors (Lipinski definition) is 18. The average molecular weight is 1560 g/mol. The summed E-state index contributed by atoms with van der Waals surface area (Å²) in [5.41, 5.74) is 6.81. The number of pyridine rings is 2. The molecule has 0 saturated carbocycles.